The van der Waals surface area contributed by atoms with Crippen LogP contribution in [0, 0.1) is 6.92 Å². The highest BCUT2D eigenvalue weighted by molar-refractivity contribution is 5.94. The van der Waals surface area contributed by atoms with Gasteiger partial charge in [0, 0.05) is 22.2 Å². The number of H-pyrrole nitrogens is 2. The van der Waals surface area contributed by atoms with E-state index in [2.05, 4.69) is 20.3 Å². The summed E-state index contributed by atoms with van der Waals surface area (Å²) in [6, 6.07) is 25.7. The number of carbonyl (C=O) groups is 1. The first-order chi connectivity index (χ1) is 18.0. The number of carbonyl (C=O) groups excluding carboxylic acids is 1. The summed E-state index contributed by atoms with van der Waals surface area (Å²) < 4.78 is 6.00. The standard InChI is InChI=1S/C29H26N4O4/c1-18-15-21(23-9-5-6-10-24(23)30-18)17-37-22-13-11-20(12-14-22)27(34)31-25(16-19-7-3-2-4-8-19)26-28(35)33-29(36)32-26/h2-15,25,35H,16-17H2,1H3,(H,31,34)(H2,32,33,36). The number of amides is 1. The van der Waals surface area contributed by atoms with Crippen molar-refractivity contribution in [3.8, 4) is 11.6 Å². The zero-order chi connectivity index (χ0) is 25.8. The van der Waals surface area contributed by atoms with E-state index in [4.69, 9.17) is 4.74 Å². The van der Waals surface area contributed by atoms with E-state index in [1.165, 1.54) is 0 Å². The van der Waals surface area contributed by atoms with E-state index in [1.54, 1.807) is 24.3 Å². The molecule has 0 aliphatic heterocycles. The Bertz CT molecular complexity index is 1590. The molecule has 0 aliphatic carbocycles. The summed E-state index contributed by atoms with van der Waals surface area (Å²) in [7, 11) is 0. The number of aromatic hydroxyl groups is 1. The van der Waals surface area contributed by atoms with Crippen LogP contribution >= 0.6 is 0 Å². The van der Waals surface area contributed by atoms with Crippen LogP contribution in [0.1, 0.15) is 38.9 Å². The predicted octanol–water partition coefficient (Wildman–Crippen LogP) is 4.56. The Morgan fingerprint density at radius 2 is 1.73 bits per heavy atom. The molecule has 8 heteroatoms. The van der Waals surface area contributed by atoms with E-state index in [0.717, 1.165) is 27.7 Å². The molecule has 0 saturated heterocycles. The normalized spacial score (nSPS) is 11.8. The molecule has 8 nitrogen and oxygen atoms in total. The van der Waals surface area contributed by atoms with Crippen LogP contribution in [0.25, 0.3) is 10.9 Å². The van der Waals surface area contributed by atoms with E-state index >= 15 is 0 Å². The van der Waals surface area contributed by atoms with Crippen LogP contribution in [0.3, 0.4) is 0 Å². The van der Waals surface area contributed by atoms with Gasteiger partial charge in [0.25, 0.3) is 5.91 Å². The van der Waals surface area contributed by atoms with Gasteiger partial charge in [-0.15, -0.1) is 0 Å². The SMILES string of the molecule is Cc1cc(COc2ccc(C(=O)NC(Cc3ccccc3)c3[nH]c(=O)[nH]c3O)cc2)c2ccccc2n1. The summed E-state index contributed by atoms with van der Waals surface area (Å²) in [6.45, 7) is 2.33. The minimum atomic E-state index is -0.645. The molecular formula is C29H26N4O4. The van der Waals surface area contributed by atoms with Crippen molar-refractivity contribution in [2.24, 2.45) is 0 Å². The maximum Gasteiger partial charge on any atom is 0.326 e. The van der Waals surface area contributed by atoms with Gasteiger partial charge in [-0.25, -0.2) is 4.79 Å². The zero-order valence-corrected chi connectivity index (χ0v) is 20.2. The summed E-state index contributed by atoms with van der Waals surface area (Å²) in [5, 5.41) is 14.1. The Balaban J connectivity index is 1.30. The average molecular weight is 495 g/mol. The third kappa shape index (κ3) is 5.54. The first kappa shape index (κ1) is 23.9. The summed E-state index contributed by atoms with van der Waals surface area (Å²) in [5.74, 6) is -0.0120. The number of aromatic amines is 2. The van der Waals surface area contributed by atoms with Gasteiger partial charge in [-0.3, -0.25) is 14.8 Å². The summed E-state index contributed by atoms with van der Waals surface area (Å²) >= 11 is 0. The quantitative estimate of drug-likeness (QED) is 0.252. The maximum atomic E-state index is 13.1. The van der Waals surface area contributed by atoms with E-state index in [-0.39, 0.29) is 17.5 Å². The minimum absolute atomic E-state index is 0.224. The number of benzene rings is 3. The van der Waals surface area contributed by atoms with Crippen molar-refractivity contribution < 1.29 is 14.6 Å². The molecule has 1 unspecified atom stereocenters. The molecule has 4 N–H and O–H groups in total. The lowest BCUT2D eigenvalue weighted by Crippen LogP contribution is -2.30. The fourth-order valence-corrected chi connectivity index (χ4v) is 4.33. The van der Waals surface area contributed by atoms with Gasteiger partial charge >= 0.3 is 5.69 Å². The number of nitrogens with zero attached hydrogens (tertiary/aromatic N) is 1. The van der Waals surface area contributed by atoms with E-state index in [1.807, 2.05) is 67.6 Å². The number of fused-ring (bicyclic) bond motifs is 1. The van der Waals surface area contributed by atoms with Gasteiger partial charge in [0.15, 0.2) is 0 Å². The number of aryl methyl sites for hydroxylation is 1. The number of nitrogens with one attached hydrogen (secondary N) is 3. The Kier molecular flexibility index (Phi) is 6.72. The van der Waals surface area contributed by atoms with Gasteiger partial charge in [0.05, 0.1) is 11.6 Å². The van der Waals surface area contributed by atoms with Crippen LogP contribution < -0.4 is 15.7 Å². The molecule has 37 heavy (non-hydrogen) atoms. The molecule has 3 aromatic carbocycles. The molecule has 186 valence electrons. The first-order valence-electron chi connectivity index (χ1n) is 11.9. The molecular weight excluding hydrogens is 468 g/mol. The third-order valence-corrected chi connectivity index (χ3v) is 6.11. The molecule has 2 heterocycles. The van der Waals surface area contributed by atoms with Gasteiger partial charge in [-0.05, 0) is 55.3 Å². The van der Waals surface area contributed by atoms with Gasteiger partial charge in [0.1, 0.15) is 18.1 Å². The molecule has 5 aromatic rings. The van der Waals surface area contributed by atoms with Crippen LogP contribution in [0.4, 0.5) is 0 Å². The second-order valence-corrected chi connectivity index (χ2v) is 8.81. The molecule has 0 aliphatic rings. The second kappa shape index (κ2) is 10.4. The molecule has 0 radical (unpaired) electrons. The lowest BCUT2D eigenvalue weighted by molar-refractivity contribution is 0.0935. The summed E-state index contributed by atoms with van der Waals surface area (Å²) in [4.78, 5) is 34.2. The molecule has 0 spiro atoms. The highest BCUT2D eigenvalue weighted by Gasteiger charge is 2.22. The molecule has 0 saturated carbocycles. The van der Waals surface area contributed by atoms with Crippen molar-refractivity contribution in [3.05, 3.63) is 123 Å². The van der Waals surface area contributed by atoms with Crippen LogP contribution in [0.15, 0.2) is 89.7 Å². The van der Waals surface area contributed by atoms with Crippen LogP contribution in [-0.4, -0.2) is 26.0 Å². The number of aromatic nitrogens is 3. The highest BCUT2D eigenvalue weighted by atomic mass is 16.5. The number of ether oxygens (including phenoxy) is 1. The number of hydrogen-bond donors (Lipinski definition) is 4. The smallest absolute Gasteiger partial charge is 0.326 e. The predicted molar refractivity (Wildman–Crippen MR) is 141 cm³/mol. The molecule has 5 rings (SSSR count). The second-order valence-electron chi connectivity index (χ2n) is 8.81. The fourth-order valence-electron chi connectivity index (χ4n) is 4.33. The van der Waals surface area contributed by atoms with Crippen molar-refractivity contribution in [3.63, 3.8) is 0 Å². The third-order valence-electron chi connectivity index (χ3n) is 6.11. The number of imidazole rings is 1. The minimum Gasteiger partial charge on any atom is -0.493 e. The monoisotopic (exact) mass is 494 g/mol. The van der Waals surface area contributed by atoms with Crippen molar-refractivity contribution in [1.29, 1.82) is 0 Å². The van der Waals surface area contributed by atoms with Crippen molar-refractivity contribution in [1.82, 2.24) is 20.3 Å². The van der Waals surface area contributed by atoms with Crippen molar-refractivity contribution >= 4 is 16.8 Å². The highest BCUT2D eigenvalue weighted by Crippen LogP contribution is 2.24. The molecule has 0 bridgehead atoms. The van der Waals surface area contributed by atoms with Gasteiger partial charge in [0.2, 0.25) is 5.88 Å². The first-order valence-corrected chi connectivity index (χ1v) is 11.9. The average Bonchev–Trinajstić information content (AvgIpc) is 3.25. The Hall–Kier alpha value is -4.85. The molecule has 1 amide bonds. The fraction of sp³-hybridized carbons (Fsp3) is 0.138. The zero-order valence-electron chi connectivity index (χ0n) is 20.2. The molecule has 0 fully saturated rings. The van der Waals surface area contributed by atoms with E-state index in [9.17, 15) is 14.7 Å². The van der Waals surface area contributed by atoms with Gasteiger partial charge in [-0.1, -0.05) is 48.5 Å². The number of pyridine rings is 1. The molecule has 2 aromatic heterocycles. The number of hydrogen-bond acceptors (Lipinski definition) is 5. The van der Waals surface area contributed by atoms with Crippen LogP contribution in [0.5, 0.6) is 11.6 Å². The lowest BCUT2D eigenvalue weighted by atomic mass is 10.0. The van der Waals surface area contributed by atoms with Gasteiger partial charge in [-0.2, -0.15) is 0 Å². The van der Waals surface area contributed by atoms with Crippen LogP contribution in [-0.2, 0) is 13.0 Å². The number of para-hydroxylation sites is 1. The van der Waals surface area contributed by atoms with Crippen molar-refractivity contribution in [2.75, 3.05) is 0 Å². The topological polar surface area (TPSA) is 120 Å². The van der Waals surface area contributed by atoms with Crippen molar-refractivity contribution in [2.45, 2.75) is 26.0 Å². The Morgan fingerprint density at radius 3 is 2.46 bits per heavy atom. The number of rotatable bonds is 8. The summed E-state index contributed by atoms with van der Waals surface area (Å²) in [5.41, 5.74) is 3.93. The Morgan fingerprint density at radius 1 is 1.00 bits per heavy atom. The van der Waals surface area contributed by atoms with Gasteiger partial charge < -0.3 is 20.1 Å². The Labute approximate surface area is 213 Å². The largest absolute Gasteiger partial charge is 0.493 e. The summed E-state index contributed by atoms with van der Waals surface area (Å²) in [6.07, 6.45) is 0.383. The van der Waals surface area contributed by atoms with E-state index < -0.39 is 11.7 Å². The van der Waals surface area contributed by atoms with E-state index in [0.29, 0.717) is 24.3 Å². The van der Waals surface area contributed by atoms with Crippen LogP contribution in [0.2, 0.25) is 0 Å². The maximum absolute atomic E-state index is 13.1. The molecule has 1 atom stereocenters. The lowest BCUT2D eigenvalue weighted by Gasteiger charge is -2.18.